The fraction of sp³-hybridized carbons (Fsp3) is 0.333. The monoisotopic (exact) mass is 236 g/mol. The number of hydrogen-bond acceptors (Lipinski definition) is 6. The summed E-state index contributed by atoms with van der Waals surface area (Å²) in [5, 5.41) is 17.3. The molecule has 0 spiro atoms. The highest BCUT2D eigenvalue weighted by atomic mass is 35.5. The van der Waals surface area contributed by atoms with Crippen LogP contribution in [0.15, 0.2) is 0 Å². The first kappa shape index (κ1) is 12.0. The van der Waals surface area contributed by atoms with Crippen molar-refractivity contribution in [3.05, 3.63) is 11.0 Å². The number of nitrogens with two attached hydrogens (primary N) is 1. The van der Waals surface area contributed by atoms with Crippen molar-refractivity contribution < 1.29 is 0 Å². The standard InChI is InChI=1S/C9H9ClN6/c1-6-7(13)8(15-9(10)14-6)16(4-2-11)5-3-12/h4-5,13H2,1H3. The van der Waals surface area contributed by atoms with E-state index in [2.05, 4.69) is 9.97 Å². The maximum absolute atomic E-state index is 8.64. The number of nitrogen functional groups attached to an aromatic ring is 1. The van der Waals surface area contributed by atoms with Crippen LogP contribution in [0.2, 0.25) is 5.28 Å². The van der Waals surface area contributed by atoms with E-state index in [1.807, 2.05) is 12.1 Å². The predicted molar refractivity (Wildman–Crippen MR) is 59.6 cm³/mol. The molecule has 16 heavy (non-hydrogen) atoms. The van der Waals surface area contributed by atoms with E-state index in [4.69, 9.17) is 27.9 Å². The van der Waals surface area contributed by atoms with Crippen molar-refractivity contribution in [2.24, 2.45) is 0 Å². The van der Waals surface area contributed by atoms with Crippen LogP contribution in [0, 0.1) is 29.6 Å². The number of hydrogen-bond donors (Lipinski definition) is 1. The van der Waals surface area contributed by atoms with Gasteiger partial charge in [-0.25, -0.2) is 4.98 Å². The van der Waals surface area contributed by atoms with Crippen LogP contribution in [0.3, 0.4) is 0 Å². The van der Waals surface area contributed by atoms with E-state index >= 15 is 0 Å². The van der Waals surface area contributed by atoms with Crippen LogP contribution in [-0.4, -0.2) is 23.1 Å². The first-order valence-corrected chi connectivity index (χ1v) is 4.76. The molecule has 0 aliphatic heterocycles. The SMILES string of the molecule is Cc1nc(Cl)nc(N(CC#N)CC#N)c1N. The van der Waals surface area contributed by atoms with Crippen LogP contribution >= 0.6 is 11.6 Å². The molecule has 0 bridgehead atoms. The lowest BCUT2D eigenvalue weighted by Crippen LogP contribution is -2.26. The minimum absolute atomic E-state index is 0.0184. The Hall–Kier alpha value is -2.05. The Bertz CT molecular complexity index is 456. The molecule has 0 aromatic carbocycles. The molecule has 7 heteroatoms. The molecule has 0 atom stereocenters. The predicted octanol–water partition coefficient (Wildman–Crippen LogP) is 0.874. The summed E-state index contributed by atoms with van der Waals surface area (Å²) in [6.45, 7) is 1.72. The summed E-state index contributed by atoms with van der Waals surface area (Å²) >= 11 is 5.70. The summed E-state index contributed by atoms with van der Waals surface area (Å²) in [6, 6.07) is 3.87. The van der Waals surface area contributed by atoms with Crippen LogP contribution < -0.4 is 10.6 Å². The molecule has 0 saturated carbocycles. The number of halogens is 1. The fourth-order valence-electron chi connectivity index (χ4n) is 1.15. The van der Waals surface area contributed by atoms with Gasteiger partial charge in [-0.3, -0.25) is 0 Å². The molecule has 82 valence electrons. The van der Waals surface area contributed by atoms with Gasteiger partial charge in [-0.05, 0) is 18.5 Å². The fourth-order valence-corrected chi connectivity index (χ4v) is 1.36. The second kappa shape index (κ2) is 5.15. The minimum atomic E-state index is 0.0184. The Kier molecular flexibility index (Phi) is 3.87. The van der Waals surface area contributed by atoms with Crippen LogP contribution in [0.5, 0.6) is 0 Å². The van der Waals surface area contributed by atoms with E-state index in [0.717, 1.165) is 0 Å². The third-order valence-corrected chi connectivity index (χ3v) is 2.08. The number of nitrogens with zero attached hydrogens (tertiary/aromatic N) is 5. The average molecular weight is 237 g/mol. The number of aryl methyl sites for hydroxylation is 1. The van der Waals surface area contributed by atoms with E-state index in [0.29, 0.717) is 17.2 Å². The molecule has 0 unspecified atom stereocenters. The van der Waals surface area contributed by atoms with Gasteiger partial charge in [0.15, 0.2) is 5.82 Å². The topological polar surface area (TPSA) is 103 Å². The van der Waals surface area contributed by atoms with Crippen LogP contribution in [0.25, 0.3) is 0 Å². The minimum Gasteiger partial charge on any atom is -0.394 e. The first-order valence-electron chi connectivity index (χ1n) is 4.38. The van der Waals surface area contributed by atoms with Gasteiger partial charge in [-0.15, -0.1) is 0 Å². The summed E-state index contributed by atoms with van der Waals surface area (Å²) in [6.07, 6.45) is 0. The molecule has 1 heterocycles. The van der Waals surface area contributed by atoms with Crippen LogP contribution in [0.4, 0.5) is 11.5 Å². The number of aromatic nitrogens is 2. The zero-order valence-corrected chi connectivity index (χ0v) is 9.36. The molecule has 1 rings (SSSR count). The zero-order chi connectivity index (χ0) is 12.1. The van der Waals surface area contributed by atoms with Crippen molar-refractivity contribution in [3.63, 3.8) is 0 Å². The molecule has 1 aromatic rings. The van der Waals surface area contributed by atoms with Gasteiger partial charge in [0.1, 0.15) is 13.1 Å². The van der Waals surface area contributed by atoms with Crippen molar-refractivity contribution in [2.45, 2.75) is 6.92 Å². The van der Waals surface area contributed by atoms with Crippen LogP contribution in [-0.2, 0) is 0 Å². The highest BCUT2D eigenvalue weighted by molar-refractivity contribution is 6.28. The van der Waals surface area contributed by atoms with E-state index in [-0.39, 0.29) is 18.4 Å². The lowest BCUT2D eigenvalue weighted by atomic mass is 10.3. The molecule has 0 amide bonds. The van der Waals surface area contributed by atoms with Gasteiger partial charge in [-0.2, -0.15) is 15.5 Å². The van der Waals surface area contributed by atoms with Gasteiger partial charge in [0.25, 0.3) is 0 Å². The third-order valence-electron chi connectivity index (χ3n) is 1.91. The van der Waals surface area contributed by atoms with Crippen molar-refractivity contribution >= 4 is 23.1 Å². The molecule has 0 saturated heterocycles. The third kappa shape index (κ3) is 2.50. The van der Waals surface area contributed by atoms with E-state index in [9.17, 15) is 0 Å². The summed E-state index contributed by atoms with van der Waals surface area (Å²) in [5.41, 5.74) is 6.62. The van der Waals surface area contributed by atoms with Gasteiger partial charge in [0.2, 0.25) is 5.28 Å². The van der Waals surface area contributed by atoms with E-state index in [1.165, 1.54) is 4.90 Å². The molecule has 1 aromatic heterocycles. The molecule has 6 nitrogen and oxygen atoms in total. The van der Waals surface area contributed by atoms with Gasteiger partial charge in [0, 0.05) is 0 Å². The maximum Gasteiger partial charge on any atom is 0.224 e. The second-order valence-corrected chi connectivity index (χ2v) is 3.33. The van der Waals surface area contributed by atoms with Crippen molar-refractivity contribution in [1.29, 1.82) is 10.5 Å². The summed E-state index contributed by atoms with van der Waals surface area (Å²) in [7, 11) is 0. The zero-order valence-electron chi connectivity index (χ0n) is 8.61. The lowest BCUT2D eigenvalue weighted by Gasteiger charge is -2.19. The molecule has 0 aliphatic carbocycles. The lowest BCUT2D eigenvalue weighted by molar-refractivity contribution is 0.923. The molecular weight excluding hydrogens is 228 g/mol. The largest absolute Gasteiger partial charge is 0.394 e. The molecule has 2 N–H and O–H groups in total. The van der Waals surface area contributed by atoms with Crippen molar-refractivity contribution in [1.82, 2.24) is 9.97 Å². The van der Waals surface area contributed by atoms with Gasteiger partial charge >= 0.3 is 0 Å². The second-order valence-electron chi connectivity index (χ2n) is 2.99. The summed E-state index contributed by atoms with van der Waals surface area (Å²) in [5.74, 6) is 0.320. The summed E-state index contributed by atoms with van der Waals surface area (Å²) < 4.78 is 0. The highest BCUT2D eigenvalue weighted by Gasteiger charge is 2.14. The number of rotatable bonds is 3. The Morgan fingerprint density at radius 3 is 2.38 bits per heavy atom. The maximum atomic E-state index is 8.64. The van der Waals surface area contributed by atoms with Gasteiger partial charge in [-0.1, -0.05) is 0 Å². The molecule has 0 aliphatic rings. The molecule has 0 fully saturated rings. The Balaban J connectivity index is 3.19. The Morgan fingerprint density at radius 2 is 1.88 bits per heavy atom. The van der Waals surface area contributed by atoms with E-state index < -0.39 is 0 Å². The molecule has 0 radical (unpaired) electrons. The van der Waals surface area contributed by atoms with Crippen molar-refractivity contribution in [2.75, 3.05) is 23.7 Å². The smallest absolute Gasteiger partial charge is 0.224 e. The Labute approximate surface area is 97.9 Å². The first-order chi connectivity index (χ1) is 7.60. The normalized spacial score (nSPS) is 9.25. The summed E-state index contributed by atoms with van der Waals surface area (Å²) in [4.78, 5) is 9.24. The van der Waals surface area contributed by atoms with Gasteiger partial charge in [0.05, 0.1) is 23.5 Å². The average Bonchev–Trinajstić information content (AvgIpc) is 2.23. The van der Waals surface area contributed by atoms with E-state index in [1.54, 1.807) is 6.92 Å². The highest BCUT2D eigenvalue weighted by Crippen LogP contribution is 2.24. The van der Waals surface area contributed by atoms with Crippen LogP contribution in [0.1, 0.15) is 5.69 Å². The Morgan fingerprint density at radius 1 is 1.31 bits per heavy atom. The van der Waals surface area contributed by atoms with Crippen molar-refractivity contribution in [3.8, 4) is 12.1 Å². The number of anilines is 2. The molecular formula is C9H9ClN6. The van der Waals surface area contributed by atoms with Gasteiger partial charge < -0.3 is 10.6 Å². The quantitative estimate of drug-likeness (QED) is 0.617. The number of nitriles is 2.